The normalized spacial score (nSPS) is 13.1. The molecule has 1 aromatic rings. The van der Waals surface area contributed by atoms with Gasteiger partial charge in [0.15, 0.2) is 0 Å². The molecule has 0 radical (unpaired) electrons. The first kappa shape index (κ1) is 7.08. The third-order valence-electron chi connectivity index (χ3n) is 1.24. The summed E-state index contributed by atoms with van der Waals surface area (Å²) in [5, 5.41) is 3.53. The van der Waals surface area contributed by atoms with Gasteiger partial charge >= 0.3 is 5.95 Å². The zero-order valence-electron chi connectivity index (χ0n) is 6.00. The van der Waals surface area contributed by atoms with Gasteiger partial charge in [-0.15, -0.1) is 0 Å². The smallest absolute Gasteiger partial charge is 0.315 e. The Labute approximate surface area is 58.9 Å². The van der Waals surface area contributed by atoms with Crippen molar-refractivity contribution in [3.8, 4) is 5.95 Å². The molecule has 0 aliphatic carbocycles. The monoisotopic (exact) mass is 142 g/mol. The molecule has 0 bridgehead atoms. The van der Waals surface area contributed by atoms with Crippen LogP contribution in [-0.4, -0.2) is 12.3 Å². The van der Waals surface area contributed by atoms with Gasteiger partial charge in [-0.3, -0.25) is 0 Å². The number of ether oxygens (including phenoxy) is 1. The maximum absolute atomic E-state index is 5.55. The Morgan fingerprint density at radius 3 is 2.90 bits per heavy atom. The van der Waals surface area contributed by atoms with Crippen LogP contribution in [0.4, 0.5) is 0 Å². The lowest BCUT2D eigenvalue weighted by Gasteiger charge is -2.00. The first-order valence-electron chi connectivity index (χ1n) is 3.00. The highest BCUT2D eigenvalue weighted by molar-refractivity contribution is 5.22. The topological polar surface area (TPSA) is 61.3 Å². The van der Waals surface area contributed by atoms with Gasteiger partial charge in [0.2, 0.25) is 0 Å². The minimum absolute atomic E-state index is 0.0961. The Balaban J connectivity index is 2.90. The number of hydrogen-bond acceptors (Lipinski definition) is 4. The van der Waals surface area contributed by atoms with Crippen LogP contribution < -0.4 is 10.5 Å². The lowest BCUT2D eigenvalue weighted by molar-refractivity contribution is 0.257. The van der Waals surface area contributed by atoms with Crippen LogP contribution in [0, 0.1) is 0 Å². The van der Waals surface area contributed by atoms with Gasteiger partial charge in [0.1, 0.15) is 0 Å². The lowest BCUT2D eigenvalue weighted by atomic mass is 10.2. The first-order chi connectivity index (χ1) is 4.75. The highest BCUT2D eigenvalue weighted by Gasteiger charge is 2.10. The predicted molar refractivity (Wildman–Crippen MR) is 35.7 cm³/mol. The average molecular weight is 142 g/mol. The van der Waals surface area contributed by atoms with E-state index in [1.807, 2.05) is 6.92 Å². The van der Waals surface area contributed by atoms with Crippen molar-refractivity contribution < 1.29 is 9.26 Å². The van der Waals surface area contributed by atoms with Crippen LogP contribution in [0.25, 0.3) is 0 Å². The summed E-state index contributed by atoms with van der Waals surface area (Å²) in [5.74, 6) is 0.398. The minimum atomic E-state index is -0.0961. The Hall–Kier alpha value is -1.03. The quantitative estimate of drug-likeness (QED) is 0.660. The molecule has 0 saturated carbocycles. The molecular weight excluding hydrogens is 132 g/mol. The van der Waals surface area contributed by atoms with Crippen LogP contribution in [0.3, 0.4) is 0 Å². The van der Waals surface area contributed by atoms with E-state index in [9.17, 15) is 0 Å². The van der Waals surface area contributed by atoms with Crippen molar-refractivity contribution in [1.82, 2.24) is 5.16 Å². The molecular formula is C6H10N2O2. The summed E-state index contributed by atoms with van der Waals surface area (Å²) in [6.07, 6.45) is 1.56. The van der Waals surface area contributed by atoms with E-state index in [4.69, 9.17) is 15.0 Å². The summed E-state index contributed by atoms with van der Waals surface area (Å²) in [4.78, 5) is 0. The summed E-state index contributed by atoms with van der Waals surface area (Å²) in [7, 11) is 1.52. The number of methoxy groups -OCH3 is 1. The maximum Gasteiger partial charge on any atom is 0.315 e. The Bertz CT molecular complexity index is 207. The number of aromatic nitrogens is 1. The molecule has 0 amide bonds. The molecule has 2 N–H and O–H groups in total. The molecule has 0 aliphatic heterocycles. The Kier molecular flexibility index (Phi) is 1.91. The molecule has 0 fully saturated rings. The second-order valence-electron chi connectivity index (χ2n) is 2.06. The van der Waals surface area contributed by atoms with E-state index in [1.165, 1.54) is 7.11 Å². The van der Waals surface area contributed by atoms with Crippen LogP contribution in [0.15, 0.2) is 10.7 Å². The van der Waals surface area contributed by atoms with E-state index in [-0.39, 0.29) is 6.04 Å². The molecule has 1 rings (SSSR count). The number of nitrogens with two attached hydrogens (primary N) is 1. The fraction of sp³-hybridized carbons (Fsp3) is 0.500. The fourth-order valence-corrected chi connectivity index (χ4v) is 0.695. The van der Waals surface area contributed by atoms with E-state index in [0.717, 1.165) is 5.56 Å². The van der Waals surface area contributed by atoms with Crippen LogP contribution in [-0.2, 0) is 0 Å². The third kappa shape index (κ3) is 1.11. The zero-order valence-corrected chi connectivity index (χ0v) is 6.00. The van der Waals surface area contributed by atoms with Crippen molar-refractivity contribution in [3.63, 3.8) is 0 Å². The summed E-state index contributed by atoms with van der Waals surface area (Å²) < 4.78 is 9.56. The predicted octanol–water partition coefficient (Wildman–Crippen LogP) is 0.703. The van der Waals surface area contributed by atoms with Gasteiger partial charge < -0.3 is 15.0 Å². The second kappa shape index (κ2) is 2.70. The number of nitrogens with zero attached hydrogens (tertiary/aromatic N) is 1. The van der Waals surface area contributed by atoms with Gasteiger partial charge in [-0.25, -0.2) is 0 Å². The number of hydrogen-bond donors (Lipinski definition) is 1. The van der Waals surface area contributed by atoms with Crippen LogP contribution in [0.2, 0.25) is 0 Å². The Morgan fingerprint density at radius 2 is 2.50 bits per heavy atom. The van der Waals surface area contributed by atoms with Crippen LogP contribution in [0.1, 0.15) is 18.5 Å². The molecule has 1 aromatic heterocycles. The van der Waals surface area contributed by atoms with Crippen molar-refractivity contribution in [2.45, 2.75) is 13.0 Å². The largest absolute Gasteiger partial charge is 0.467 e. The highest BCUT2D eigenvalue weighted by atomic mass is 16.6. The van der Waals surface area contributed by atoms with Gasteiger partial charge in [-0.1, -0.05) is 5.16 Å². The van der Waals surface area contributed by atoms with Crippen LogP contribution >= 0.6 is 0 Å². The molecule has 0 saturated heterocycles. The van der Waals surface area contributed by atoms with E-state index in [2.05, 4.69) is 5.16 Å². The van der Waals surface area contributed by atoms with Gasteiger partial charge in [-0.2, -0.15) is 0 Å². The molecule has 0 aliphatic rings. The van der Waals surface area contributed by atoms with Gasteiger partial charge in [0.25, 0.3) is 0 Å². The first-order valence-corrected chi connectivity index (χ1v) is 3.00. The molecule has 0 spiro atoms. The third-order valence-corrected chi connectivity index (χ3v) is 1.24. The lowest BCUT2D eigenvalue weighted by Crippen LogP contribution is -2.04. The molecule has 1 atom stereocenters. The van der Waals surface area contributed by atoms with Crippen LogP contribution in [0.5, 0.6) is 5.95 Å². The van der Waals surface area contributed by atoms with E-state index >= 15 is 0 Å². The van der Waals surface area contributed by atoms with Gasteiger partial charge in [0, 0.05) is 6.04 Å². The van der Waals surface area contributed by atoms with E-state index in [1.54, 1.807) is 6.20 Å². The van der Waals surface area contributed by atoms with Crippen molar-refractivity contribution >= 4 is 0 Å². The van der Waals surface area contributed by atoms with E-state index < -0.39 is 0 Å². The summed E-state index contributed by atoms with van der Waals surface area (Å²) in [6.45, 7) is 1.84. The molecule has 56 valence electrons. The van der Waals surface area contributed by atoms with Crippen molar-refractivity contribution in [2.24, 2.45) is 5.73 Å². The Morgan fingerprint density at radius 1 is 1.80 bits per heavy atom. The SMILES string of the molecule is COc1oncc1C(C)N. The van der Waals surface area contributed by atoms with Crippen molar-refractivity contribution in [3.05, 3.63) is 11.8 Å². The molecule has 0 aromatic carbocycles. The zero-order chi connectivity index (χ0) is 7.56. The molecule has 1 heterocycles. The minimum Gasteiger partial charge on any atom is -0.467 e. The highest BCUT2D eigenvalue weighted by Crippen LogP contribution is 2.21. The summed E-state index contributed by atoms with van der Waals surface area (Å²) in [5.41, 5.74) is 6.35. The van der Waals surface area contributed by atoms with Crippen molar-refractivity contribution in [1.29, 1.82) is 0 Å². The summed E-state index contributed by atoms with van der Waals surface area (Å²) >= 11 is 0. The average Bonchev–Trinajstić information content (AvgIpc) is 2.33. The summed E-state index contributed by atoms with van der Waals surface area (Å²) in [6, 6.07) is -0.0961. The second-order valence-corrected chi connectivity index (χ2v) is 2.06. The van der Waals surface area contributed by atoms with Gasteiger partial charge in [-0.05, 0) is 6.92 Å². The van der Waals surface area contributed by atoms with Gasteiger partial charge in [0.05, 0.1) is 18.9 Å². The molecule has 10 heavy (non-hydrogen) atoms. The molecule has 1 unspecified atom stereocenters. The standard InChI is InChI=1S/C6H10N2O2/c1-4(7)5-3-8-10-6(5)9-2/h3-4H,7H2,1-2H3. The number of rotatable bonds is 2. The maximum atomic E-state index is 5.55. The fourth-order valence-electron chi connectivity index (χ4n) is 0.695. The molecule has 4 heteroatoms. The molecule has 4 nitrogen and oxygen atoms in total. The van der Waals surface area contributed by atoms with E-state index in [0.29, 0.717) is 5.95 Å². The van der Waals surface area contributed by atoms with Crippen molar-refractivity contribution in [2.75, 3.05) is 7.11 Å².